The molecule has 0 saturated heterocycles. The topological polar surface area (TPSA) is 29.3 Å². The maximum absolute atomic E-state index is 13.7. The van der Waals surface area contributed by atoms with Crippen molar-refractivity contribution in [1.29, 1.82) is 0 Å². The third kappa shape index (κ3) is 2.69. The lowest BCUT2D eigenvalue weighted by atomic mass is 10.1. The summed E-state index contributed by atoms with van der Waals surface area (Å²) < 4.78 is 13.7. The molecule has 0 fully saturated rings. The van der Waals surface area contributed by atoms with Crippen LogP contribution in [0.5, 0.6) is 0 Å². The molecule has 0 saturated carbocycles. The van der Waals surface area contributed by atoms with Crippen LogP contribution >= 0.6 is 0 Å². The van der Waals surface area contributed by atoms with E-state index < -0.39 is 0 Å². The van der Waals surface area contributed by atoms with Gasteiger partial charge in [0.2, 0.25) is 0 Å². The van der Waals surface area contributed by atoms with Crippen LogP contribution in [0.15, 0.2) is 18.2 Å². The number of hydrogen-bond donors (Lipinski definition) is 1. The summed E-state index contributed by atoms with van der Waals surface area (Å²) in [5.41, 5.74) is 7.32. The first-order chi connectivity index (χ1) is 7.07. The summed E-state index contributed by atoms with van der Waals surface area (Å²) in [6.07, 6.45) is 0.989. The molecule has 1 atom stereocenters. The predicted octanol–water partition coefficient (Wildman–Crippen LogP) is 2.69. The quantitative estimate of drug-likeness (QED) is 0.828. The van der Waals surface area contributed by atoms with Gasteiger partial charge in [-0.2, -0.15) is 0 Å². The van der Waals surface area contributed by atoms with Gasteiger partial charge >= 0.3 is 0 Å². The molecule has 0 aliphatic rings. The molecular weight excluding hydrogens is 191 g/mol. The fraction of sp³-hybridized carbons (Fsp3) is 0.500. The molecule has 2 nitrogen and oxygen atoms in total. The predicted molar refractivity (Wildman–Crippen MR) is 62.6 cm³/mol. The lowest BCUT2D eigenvalue weighted by Crippen LogP contribution is -2.22. The molecule has 1 aromatic carbocycles. The zero-order valence-electron chi connectivity index (χ0n) is 9.63. The van der Waals surface area contributed by atoms with Gasteiger partial charge in [-0.05, 0) is 25.0 Å². The van der Waals surface area contributed by atoms with E-state index in [1.54, 1.807) is 6.07 Å². The number of hydrogen-bond acceptors (Lipinski definition) is 2. The summed E-state index contributed by atoms with van der Waals surface area (Å²) >= 11 is 0. The van der Waals surface area contributed by atoms with E-state index in [-0.39, 0.29) is 11.9 Å². The van der Waals surface area contributed by atoms with E-state index in [0.29, 0.717) is 5.69 Å². The molecular formula is C12H19FN2. The van der Waals surface area contributed by atoms with Gasteiger partial charge < -0.3 is 10.6 Å². The van der Waals surface area contributed by atoms with Crippen LogP contribution in [0.25, 0.3) is 0 Å². The molecule has 0 spiro atoms. The van der Waals surface area contributed by atoms with Gasteiger partial charge in [-0.1, -0.05) is 19.1 Å². The van der Waals surface area contributed by atoms with E-state index in [1.165, 1.54) is 6.07 Å². The van der Waals surface area contributed by atoms with Crippen LogP contribution in [0, 0.1) is 5.82 Å². The van der Waals surface area contributed by atoms with Crippen LogP contribution in [0.4, 0.5) is 10.1 Å². The van der Waals surface area contributed by atoms with Gasteiger partial charge in [0, 0.05) is 19.6 Å². The zero-order valence-corrected chi connectivity index (χ0v) is 9.63. The van der Waals surface area contributed by atoms with Crippen LogP contribution in [-0.4, -0.2) is 13.6 Å². The molecule has 0 aliphatic carbocycles. The Hall–Kier alpha value is -1.09. The average Bonchev–Trinajstić information content (AvgIpc) is 2.17. The Labute approximate surface area is 90.9 Å². The maximum atomic E-state index is 13.7. The van der Waals surface area contributed by atoms with Crippen molar-refractivity contribution in [3.8, 4) is 0 Å². The molecule has 1 aromatic rings. The van der Waals surface area contributed by atoms with Crippen LogP contribution in [0.3, 0.4) is 0 Å². The monoisotopic (exact) mass is 210 g/mol. The first-order valence-electron chi connectivity index (χ1n) is 5.33. The number of nitrogens with zero attached hydrogens (tertiary/aromatic N) is 1. The van der Waals surface area contributed by atoms with Gasteiger partial charge in [-0.15, -0.1) is 0 Å². The highest BCUT2D eigenvalue weighted by atomic mass is 19.1. The van der Waals surface area contributed by atoms with Crippen LogP contribution in [0.2, 0.25) is 0 Å². The van der Waals surface area contributed by atoms with E-state index in [1.807, 2.05) is 24.9 Å². The molecule has 15 heavy (non-hydrogen) atoms. The molecule has 0 bridgehead atoms. The first-order valence-corrected chi connectivity index (χ1v) is 5.33. The molecule has 3 heteroatoms. The second-order valence-corrected chi connectivity index (χ2v) is 3.89. The van der Waals surface area contributed by atoms with Crippen molar-refractivity contribution in [3.05, 3.63) is 29.6 Å². The van der Waals surface area contributed by atoms with Gasteiger partial charge in [0.25, 0.3) is 0 Å². The fourth-order valence-electron chi connectivity index (χ4n) is 1.75. The van der Waals surface area contributed by atoms with Gasteiger partial charge in [0.15, 0.2) is 0 Å². The normalized spacial score (nSPS) is 12.6. The molecule has 0 aromatic heterocycles. The Morgan fingerprint density at radius 1 is 1.47 bits per heavy atom. The van der Waals surface area contributed by atoms with Gasteiger partial charge in [0.1, 0.15) is 5.82 Å². The van der Waals surface area contributed by atoms with Crippen molar-refractivity contribution in [2.45, 2.75) is 26.3 Å². The number of nitrogens with two attached hydrogens (primary N) is 1. The highest BCUT2D eigenvalue weighted by Gasteiger charge is 2.14. The summed E-state index contributed by atoms with van der Waals surface area (Å²) in [6, 6.07) is 4.93. The SMILES string of the molecule is CCCN(C)c1c(F)cccc1[C@H](C)N. The summed E-state index contributed by atoms with van der Waals surface area (Å²) in [5, 5.41) is 0. The molecule has 84 valence electrons. The standard InChI is InChI=1S/C12H19FN2/c1-4-8-15(3)12-10(9(2)14)6-5-7-11(12)13/h5-7,9H,4,8,14H2,1-3H3/t9-/m0/s1. The lowest BCUT2D eigenvalue weighted by molar-refractivity contribution is 0.615. The summed E-state index contributed by atoms with van der Waals surface area (Å²) in [6.45, 7) is 4.78. The lowest BCUT2D eigenvalue weighted by Gasteiger charge is -2.23. The second-order valence-electron chi connectivity index (χ2n) is 3.89. The molecule has 0 aliphatic heterocycles. The zero-order chi connectivity index (χ0) is 11.4. The second kappa shape index (κ2) is 5.12. The molecule has 0 amide bonds. The molecule has 0 unspecified atom stereocenters. The third-order valence-electron chi connectivity index (χ3n) is 2.45. The summed E-state index contributed by atoms with van der Waals surface area (Å²) in [5.74, 6) is -0.194. The third-order valence-corrected chi connectivity index (χ3v) is 2.45. The fourth-order valence-corrected chi connectivity index (χ4v) is 1.75. The number of halogens is 1. The van der Waals surface area contributed by atoms with Crippen molar-refractivity contribution >= 4 is 5.69 Å². The average molecular weight is 210 g/mol. The van der Waals surface area contributed by atoms with Crippen LogP contribution in [-0.2, 0) is 0 Å². The minimum atomic E-state index is -0.194. The van der Waals surface area contributed by atoms with Gasteiger partial charge in [0.05, 0.1) is 5.69 Å². The molecule has 2 N–H and O–H groups in total. The molecule has 0 radical (unpaired) electrons. The van der Waals surface area contributed by atoms with Gasteiger partial charge in [-0.3, -0.25) is 0 Å². The highest BCUT2D eigenvalue weighted by Crippen LogP contribution is 2.27. The van der Waals surface area contributed by atoms with E-state index >= 15 is 0 Å². The number of rotatable bonds is 4. The summed E-state index contributed by atoms with van der Waals surface area (Å²) in [7, 11) is 1.90. The van der Waals surface area contributed by atoms with Crippen LogP contribution in [0.1, 0.15) is 31.9 Å². The number of anilines is 1. The van der Waals surface area contributed by atoms with Crippen molar-refractivity contribution in [3.63, 3.8) is 0 Å². The van der Waals surface area contributed by atoms with E-state index in [4.69, 9.17) is 5.73 Å². The Morgan fingerprint density at radius 3 is 2.67 bits per heavy atom. The highest BCUT2D eigenvalue weighted by molar-refractivity contribution is 5.55. The smallest absolute Gasteiger partial charge is 0.146 e. The largest absolute Gasteiger partial charge is 0.372 e. The van der Waals surface area contributed by atoms with Crippen molar-refractivity contribution in [1.82, 2.24) is 0 Å². The Kier molecular flexibility index (Phi) is 4.09. The number of benzene rings is 1. The first kappa shape index (κ1) is 12.0. The summed E-state index contributed by atoms with van der Waals surface area (Å²) in [4.78, 5) is 1.92. The van der Waals surface area contributed by atoms with E-state index in [2.05, 4.69) is 6.92 Å². The molecule has 1 rings (SSSR count). The Bertz CT molecular complexity index is 323. The van der Waals surface area contributed by atoms with Crippen LogP contribution < -0.4 is 10.6 Å². The van der Waals surface area contributed by atoms with Crippen molar-refractivity contribution in [2.24, 2.45) is 5.73 Å². The van der Waals surface area contributed by atoms with E-state index in [0.717, 1.165) is 18.5 Å². The Balaban J connectivity index is 3.12. The number of para-hydroxylation sites is 1. The minimum absolute atomic E-state index is 0.144. The minimum Gasteiger partial charge on any atom is -0.372 e. The van der Waals surface area contributed by atoms with Crippen molar-refractivity contribution in [2.75, 3.05) is 18.5 Å². The van der Waals surface area contributed by atoms with Crippen molar-refractivity contribution < 1.29 is 4.39 Å². The molecule has 0 heterocycles. The Morgan fingerprint density at radius 2 is 2.13 bits per heavy atom. The maximum Gasteiger partial charge on any atom is 0.146 e. The van der Waals surface area contributed by atoms with Gasteiger partial charge in [-0.25, -0.2) is 4.39 Å². The van der Waals surface area contributed by atoms with E-state index in [9.17, 15) is 4.39 Å².